The number of aliphatic hydroxyl groups is 1. The maximum Gasteiger partial charge on any atom is 0.273 e. The number of carbonyl (C=O) groups excluding carboxylic acids is 1. The molecule has 0 spiro atoms. The Balaban J connectivity index is 1.46. The molecule has 1 amide bonds. The molecule has 4 aromatic rings. The zero-order valence-electron chi connectivity index (χ0n) is 14.9. The van der Waals surface area contributed by atoms with Gasteiger partial charge < -0.3 is 15.4 Å². The minimum absolute atomic E-state index is 0.0470. The number of rotatable bonds is 6. The van der Waals surface area contributed by atoms with Gasteiger partial charge in [-0.25, -0.2) is 4.39 Å². The smallest absolute Gasteiger partial charge is 0.273 e. The van der Waals surface area contributed by atoms with E-state index in [9.17, 15) is 14.3 Å². The van der Waals surface area contributed by atoms with Crippen molar-refractivity contribution in [2.75, 3.05) is 6.54 Å². The monoisotopic (exact) mass is 379 g/mol. The molecule has 2 aromatic carbocycles. The maximum absolute atomic E-state index is 13.1. The lowest BCUT2D eigenvalue weighted by Gasteiger charge is -2.03. The number of aromatic amines is 1. The van der Waals surface area contributed by atoms with Gasteiger partial charge in [0.05, 0.1) is 12.3 Å². The zero-order chi connectivity index (χ0) is 19.5. The second kappa shape index (κ2) is 7.61. The molecule has 0 saturated heterocycles. The Hall–Kier alpha value is -3.52. The molecule has 4 rings (SSSR count). The summed E-state index contributed by atoms with van der Waals surface area (Å²) in [7, 11) is 0. The quantitative estimate of drug-likeness (QED) is 0.479. The van der Waals surface area contributed by atoms with Crippen molar-refractivity contribution in [3.8, 4) is 5.69 Å². The van der Waals surface area contributed by atoms with Gasteiger partial charge in [0.1, 0.15) is 11.5 Å². The maximum atomic E-state index is 13.1. The third kappa shape index (κ3) is 3.49. The van der Waals surface area contributed by atoms with Crippen LogP contribution >= 0.6 is 0 Å². The summed E-state index contributed by atoms with van der Waals surface area (Å²) in [5.41, 5.74) is 2.86. The molecular formula is C20H18FN5O2. The molecule has 0 radical (unpaired) electrons. The van der Waals surface area contributed by atoms with Crippen molar-refractivity contribution in [3.05, 3.63) is 77.5 Å². The minimum atomic E-state index is -0.424. The second-order valence-corrected chi connectivity index (χ2v) is 6.28. The highest BCUT2D eigenvalue weighted by Gasteiger charge is 2.18. The minimum Gasteiger partial charge on any atom is -0.390 e. The molecule has 0 aliphatic carbocycles. The third-order valence-electron chi connectivity index (χ3n) is 4.46. The molecular weight excluding hydrogens is 361 g/mol. The van der Waals surface area contributed by atoms with Crippen molar-refractivity contribution in [2.45, 2.75) is 13.0 Å². The lowest BCUT2D eigenvalue weighted by atomic mass is 10.1. The number of para-hydroxylation sites is 1. The number of nitrogens with zero attached hydrogens (tertiary/aromatic N) is 3. The molecule has 28 heavy (non-hydrogen) atoms. The van der Waals surface area contributed by atoms with Crippen LogP contribution in [0.4, 0.5) is 4.39 Å². The number of carbonyl (C=O) groups is 1. The van der Waals surface area contributed by atoms with Crippen molar-refractivity contribution in [2.24, 2.45) is 0 Å². The molecule has 0 unspecified atom stereocenters. The van der Waals surface area contributed by atoms with E-state index in [1.165, 1.54) is 29.1 Å². The second-order valence-electron chi connectivity index (χ2n) is 6.28. The van der Waals surface area contributed by atoms with Crippen LogP contribution in [0.15, 0.2) is 54.7 Å². The highest BCUT2D eigenvalue weighted by Crippen LogP contribution is 2.17. The van der Waals surface area contributed by atoms with Gasteiger partial charge >= 0.3 is 0 Å². The van der Waals surface area contributed by atoms with Crippen LogP contribution in [0.5, 0.6) is 0 Å². The summed E-state index contributed by atoms with van der Waals surface area (Å²) in [6.45, 7) is -0.0125. The first-order valence-electron chi connectivity index (χ1n) is 8.82. The lowest BCUT2D eigenvalue weighted by molar-refractivity contribution is 0.0945. The number of nitrogens with one attached hydrogen (secondary N) is 2. The van der Waals surface area contributed by atoms with Crippen molar-refractivity contribution >= 4 is 16.8 Å². The number of aromatic nitrogens is 4. The van der Waals surface area contributed by atoms with Gasteiger partial charge in [0.2, 0.25) is 0 Å². The third-order valence-corrected chi connectivity index (χ3v) is 4.46. The number of hydrogen-bond acceptors (Lipinski definition) is 4. The first-order valence-corrected chi connectivity index (χ1v) is 8.82. The van der Waals surface area contributed by atoms with Crippen LogP contribution in [-0.4, -0.2) is 37.5 Å². The van der Waals surface area contributed by atoms with Gasteiger partial charge in [-0.3, -0.25) is 4.79 Å². The van der Waals surface area contributed by atoms with Crippen LogP contribution in [0.2, 0.25) is 0 Å². The SMILES string of the molecule is O=C(NCCc1c[nH]c2ccccc12)c1nn(-c2ccc(F)cc2)nc1CO. The van der Waals surface area contributed by atoms with E-state index in [2.05, 4.69) is 20.5 Å². The van der Waals surface area contributed by atoms with Gasteiger partial charge in [-0.15, -0.1) is 10.2 Å². The average Bonchev–Trinajstić information content (AvgIpc) is 3.33. The number of hydrogen-bond donors (Lipinski definition) is 3. The summed E-state index contributed by atoms with van der Waals surface area (Å²) in [6, 6.07) is 13.5. The fraction of sp³-hybridized carbons (Fsp3) is 0.150. The molecule has 3 N–H and O–H groups in total. The van der Waals surface area contributed by atoms with Crippen LogP contribution < -0.4 is 5.32 Å². The predicted octanol–water partition coefficient (Wildman–Crippen LogP) is 2.35. The number of halogens is 1. The van der Waals surface area contributed by atoms with Gasteiger partial charge in [0.15, 0.2) is 5.69 Å². The van der Waals surface area contributed by atoms with Crippen LogP contribution in [0, 0.1) is 5.82 Å². The Morgan fingerprint density at radius 2 is 1.93 bits per heavy atom. The molecule has 0 aliphatic heterocycles. The van der Waals surface area contributed by atoms with Crippen LogP contribution in [0.3, 0.4) is 0 Å². The molecule has 0 saturated carbocycles. The van der Waals surface area contributed by atoms with Crippen LogP contribution in [0.25, 0.3) is 16.6 Å². The Morgan fingerprint density at radius 1 is 1.14 bits per heavy atom. The largest absolute Gasteiger partial charge is 0.390 e. The van der Waals surface area contributed by atoms with Crippen LogP contribution in [0.1, 0.15) is 21.7 Å². The Labute approximate surface area is 159 Å². The van der Waals surface area contributed by atoms with Crippen molar-refractivity contribution in [1.29, 1.82) is 0 Å². The van der Waals surface area contributed by atoms with Gasteiger partial charge in [0.25, 0.3) is 5.91 Å². The fourth-order valence-corrected chi connectivity index (χ4v) is 3.04. The normalized spacial score (nSPS) is 11.1. The highest BCUT2D eigenvalue weighted by atomic mass is 19.1. The van der Waals surface area contributed by atoms with Gasteiger partial charge in [-0.2, -0.15) is 4.80 Å². The van der Waals surface area contributed by atoms with Crippen molar-refractivity contribution in [1.82, 2.24) is 25.3 Å². The summed E-state index contributed by atoms with van der Waals surface area (Å²) < 4.78 is 13.1. The molecule has 0 aliphatic rings. The molecule has 0 fully saturated rings. The molecule has 7 nitrogen and oxygen atoms in total. The summed E-state index contributed by atoms with van der Waals surface area (Å²) in [5.74, 6) is -0.800. The van der Waals surface area contributed by atoms with E-state index < -0.39 is 12.5 Å². The summed E-state index contributed by atoms with van der Waals surface area (Å²) in [4.78, 5) is 16.9. The zero-order valence-corrected chi connectivity index (χ0v) is 14.9. The van der Waals surface area contributed by atoms with E-state index in [1.807, 2.05) is 30.5 Å². The lowest BCUT2D eigenvalue weighted by Crippen LogP contribution is -2.27. The summed E-state index contributed by atoms with van der Waals surface area (Å²) in [5, 5.41) is 21.7. The summed E-state index contributed by atoms with van der Waals surface area (Å²) >= 11 is 0. The average molecular weight is 379 g/mol. The number of amides is 1. The van der Waals surface area contributed by atoms with E-state index in [1.54, 1.807) is 0 Å². The first-order chi connectivity index (χ1) is 13.7. The Kier molecular flexibility index (Phi) is 4.86. The topological polar surface area (TPSA) is 95.8 Å². The molecule has 2 heterocycles. The Morgan fingerprint density at radius 3 is 2.71 bits per heavy atom. The molecule has 2 aromatic heterocycles. The highest BCUT2D eigenvalue weighted by molar-refractivity contribution is 5.93. The number of fused-ring (bicyclic) bond motifs is 1. The number of aliphatic hydroxyl groups excluding tert-OH is 1. The predicted molar refractivity (Wildman–Crippen MR) is 102 cm³/mol. The molecule has 142 valence electrons. The number of H-pyrrole nitrogens is 1. The molecule has 8 heteroatoms. The van der Waals surface area contributed by atoms with Gasteiger partial charge in [-0.1, -0.05) is 18.2 Å². The number of benzene rings is 2. The standard InChI is InChI=1S/C20H18FN5O2/c21-14-5-7-15(8-6-14)26-24-18(12-27)19(25-26)20(28)22-10-9-13-11-23-17-4-2-1-3-16(13)17/h1-8,11,23,27H,9-10,12H2,(H,22,28). The Bertz CT molecular complexity index is 1120. The van der Waals surface area contributed by atoms with E-state index in [4.69, 9.17) is 0 Å². The molecule has 0 atom stereocenters. The molecule has 0 bridgehead atoms. The van der Waals surface area contributed by atoms with Gasteiger partial charge in [-0.05, 0) is 42.3 Å². The fourth-order valence-electron chi connectivity index (χ4n) is 3.04. The van der Waals surface area contributed by atoms with Crippen LogP contribution in [-0.2, 0) is 13.0 Å². The van der Waals surface area contributed by atoms with E-state index in [0.29, 0.717) is 18.7 Å². The first kappa shape index (κ1) is 17.9. The van der Waals surface area contributed by atoms with Gasteiger partial charge in [0, 0.05) is 23.6 Å². The van der Waals surface area contributed by atoms with E-state index in [-0.39, 0.29) is 17.2 Å². The summed E-state index contributed by atoms with van der Waals surface area (Å²) in [6.07, 6.45) is 2.58. The van der Waals surface area contributed by atoms with E-state index in [0.717, 1.165) is 16.5 Å². The van der Waals surface area contributed by atoms with E-state index >= 15 is 0 Å². The van der Waals surface area contributed by atoms with Crippen molar-refractivity contribution < 1.29 is 14.3 Å². The van der Waals surface area contributed by atoms with Crippen molar-refractivity contribution in [3.63, 3.8) is 0 Å².